The Morgan fingerprint density at radius 1 is 1.43 bits per heavy atom. The van der Waals surface area contributed by atoms with Gasteiger partial charge in [-0.3, -0.25) is 4.79 Å². The molecule has 3 aromatic rings. The van der Waals surface area contributed by atoms with Gasteiger partial charge in [0.15, 0.2) is 17.5 Å². The van der Waals surface area contributed by atoms with Gasteiger partial charge in [0, 0.05) is 43.0 Å². The average Bonchev–Trinajstić information content (AvgIpc) is 3.16. The molecule has 0 saturated carbocycles. The van der Waals surface area contributed by atoms with E-state index in [0.29, 0.717) is 41.7 Å². The predicted molar refractivity (Wildman–Crippen MR) is 113 cm³/mol. The maximum Gasteiger partial charge on any atom is 0.234 e. The van der Waals surface area contributed by atoms with E-state index >= 15 is 0 Å². The lowest BCUT2D eigenvalue weighted by Gasteiger charge is -2.32. The molecule has 4 rings (SSSR count). The molecule has 0 bridgehead atoms. The maximum absolute atomic E-state index is 14.3. The minimum atomic E-state index is -0.536. The van der Waals surface area contributed by atoms with Crippen LogP contribution in [0.4, 0.5) is 10.2 Å². The number of terminal acetylenes is 1. The van der Waals surface area contributed by atoms with Crippen LogP contribution in [0.3, 0.4) is 0 Å². The summed E-state index contributed by atoms with van der Waals surface area (Å²) in [4.78, 5) is 29.6. The summed E-state index contributed by atoms with van der Waals surface area (Å²) in [6, 6.07) is 1.76. The molecule has 1 aliphatic rings. The van der Waals surface area contributed by atoms with E-state index in [9.17, 15) is 9.18 Å². The molecular weight excluding hydrogens is 407 g/mol. The summed E-state index contributed by atoms with van der Waals surface area (Å²) in [7, 11) is 0. The molecule has 0 aliphatic carbocycles. The number of amides is 1. The summed E-state index contributed by atoms with van der Waals surface area (Å²) in [5.41, 5.74) is 1.34. The van der Waals surface area contributed by atoms with Gasteiger partial charge in [0.05, 0.1) is 17.6 Å². The molecule has 1 amide bonds. The fourth-order valence-corrected chi connectivity index (χ4v) is 3.84. The molecule has 30 heavy (non-hydrogen) atoms. The number of hydrogen-bond acceptors (Lipinski definition) is 5. The zero-order chi connectivity index (χ0) is 21.1. The zero-order valence-electron chi connectivity index (χ0n) is 16.2. The summed E-state index contributed by atoms with van der Waals surface area (Å²) in [6.07, 6.45) is 11.6. The third-order valence-electron chi connectivity index (χ3n) is 5.17. The van der Waals surface area contributed by atoms with Crippen LogP contribution >= 0.6 is 11.6 Å². The number of halogens is 2. The quantitative estimate of drug-likeness (QED) is 0.610. The monoisotopic (exact) mass is 426 g/mol. The molecular formula is C21H20ClFN6O. The second-order valence-corrected chi connectivity index (χ2v) is 7.69. The lowest BCUT2D eigenvalue weighted by molar-refractivity contribution is -0.131. The minimum absolute atomic E-state index is 0.0377. The Kier molecular flexibility index (Phi) is 5.81. The number of H-pyrrole nitrogens is 1. The van der Waals surface area contributed by atoms with E-state index in [-0.39, 0.29) is 24.1 Å². The molecule has 0 spiro atoms. The number of carbonyl (C=O) groups is 1. The zero-order valence-corrected chi connectivity index (χ0v) is 16.9. The first-order valence-electron chi connectivity index (χ1n) is 9.66. The van der Waals surface area contributed by atoms with E-state index in [1.54, 1.807) is 23.4 Å². The third kappa shape index (κ3) is 4.21. The molecule has 4 heterocycles. The Labute approximate surface area is 178 Å². The van der Waals surface area contributed by atoms with Crippen molar-refractivity contribution in [3.05, 3.63) is 35.5 Å². The largest absolute Gasteiger partial charge is 0.367 e. The summed E-state index contributed by atoms with van der Waals surface area (Å²) in [5.74, 6) is 2.49. The lowest BCUT2D eigenvalue weighted by Crippen LogP contribution is -2.41. The van der Waals surface area contributed by atoms with Crippen LogP contribution in [0.2, 0.25) is 5.02 Å². The first-order valence-corrected chi connectivity index (χ1v) is 10.0. The molecule has 154 valence electrons. The summed E-state index contributed by atoms with van der Waals surface area (Å²) in [6.45, 7) is 1.80. The maximum atomic E-state index is 14.3. The van der Waals surface area contributed by atoms with Crippen molar-refractivity contribution in [3.8, 4) is 23.7 Å². The van der Waals surface area contributed by atoms with Crippen LogP contribution in [-0.4, -0.2) is 50.4 Å². The highest BCUT2D eigenvalue weighted by Gasteiger charge is 2.23. The molecule has 1 unspecified atom stereocenters. The molecule has 3 aromatic heterocycles. The Hall–Kier alpha value is -3.18. The van der Waals surface area contributed by atoms with Gasteiger partial charge < -0.3 is 15.2 Å². The topological polar surface area (TPSA) is 86.8 Å². The first-order chi connectivity index (χ1) is 14.5. The Morgan fingerprint density at radius 2 is 2.30 bits per heavy atom. The highest BCUT2D eigenvalue weighted by atomic mass is 35.5. The van der Waals surface area contributed by atoms with Crippen molar-refractivity contribution in [2.45, 2.75) is 19.3 Å². The standard InChI is InChI=1S/C21H20ClFN6O/c1-2-4-18(30)29-6-3-5-13(12-29)8-24-21-17(23)11-27-20(28-21)16-10-26-19-15(16)7-14(22)9-25-19/h1,7,9-11,13H,3-6,8,12H2,(H,25,26)(H,24,27,28). The van der Waals surface area contributed by atoms with Crippen LogP contribution in [0, 0.1) is 24.1 Å². The van der Waals surface area contributed by atoms with E-state index in [4.69, 9.17) is 18.0 Å². The number of fused-ring (bicyclic) bond motifs is 1. The highest BCUT2D eigenvalue weighted by molar-refractivity contribution is 6.31. The Bertz CT molecular complexity index is 1120. The van der Waals surface area contributed by atoms with Gasteiger partial charge in [0.25, 0.3) is 0 Å². The van der Waals surface area contributed by atoms with E-state index in [2.05, 4.69) is 31.2 Å². The van der Waals surface area contributed by atoms with Crippen molar-refractivity contribution >= 4 is 34.4 Å². The van der Waals surface area contributed by atoms with Gasteiger partial charge in [-0.1, -0.05) is 17.5 Å². The summed E-state index contributed by atoms with van der Waals surface area (Å²) in [5, 5.41) is 4.33. The van der Waals surface area contributed by atoms with Crippen molar-refractivity contribution in [3.63, 3.8) is 0 Å². The SMILES string of the molecule is C#CCC(=O)N1CCCC(CNc2nc(-c3c[nH]c4ncc(Cl)cc34)ncc2F)C1. The van der Waals surface area contributed by atoms with Gasteiger partial charge in [-0.25, -0.2) is 19.3 Å². The van der Waals surface area contributed by atoms with Crippen LogP contribution in [0.5, 0.6) is 0 Å². The normalized spacial score (nSPS) is 16.4. The Morgan fingerprint density at radius 3 is 3.13 bits per heavy atom. The van der Waals surface area contributed by atoms with E-state index in [0.717, 1.165) is 24.4 Å². The summed E-state index contributed by atoms with van der Waals surface area (Å²) >= 11 is 6.05. The number of aromatic amines is 1. The van der Waals surface area contributed by atoms with Gasteiger partial charge in [0.1, 0.15) is 5.65 Å². The van der Waals surface area contributed by atoms with E-state index < -0.39 is 5.82 Å². The number of pyridine rings is 1. The van der Waals surface area contributed by atoms with Gasteiger partial charge in [-0.05, 0) is 24.8 Å². The number of anilines is 1. The van der Waals surface area contributed by atoms with Crippen LogP contribution in [-0.2, 0) is 4.79 Å². The molecule has 1 aliphatic heterocycles. The molecule has 2 N–H and O–H groups in total. The van der Waals surface area contributed by atoms with E-state index in [1.807, 2.05) is 0 Å². The van der Waals surface area contributed by atoms with Crippen molar-refractivity contribution < 1.29 is 9.18 Å². The Balaban J connectivity index is 1.49. The van der Waals surface area contributed by atoms with Gasteiger partial charge in [-0.15, -0.1) is 6.42 Å². The highest BCUT2D eigenvalue weighted by Crippen LogP contribution is 2.28. The first kappa shape index (κ1) is 20.1. The van der Waals surface area contributed by atoms with Crippen LogP contribution < -0.4 is 5.32 Å². The predicted octanol–water partition coefficient (Wildman–Crippen LogP) is 3.49. The fourth-order valence-electron chi connectivity index (χ4n) is 3.68. The molecule has 1 fully saturated rings. The molecule has 1 saturated heterocycles. The number of aromatic nitrogens is 4. The smallest absolute Gasteiger partial charge is 0.234 e. The van der Waals surface area contributed by atoms with Gasteiger partial charge in [0.2, 0.25) is 5.91 Å². The van der Waals surface area contributed by atoms with Crippen molar-refractivity contribution in [2.24, 2.45) is 5.92 Å². The second kappa shape index (κ2) is 8.67. The van der Waals surface area contributed by atoms with Crippen LogP contribution in [0.25, 0.3) is 22.4 Å². The van der Waals surface area contributed by atoms with Gasteiger partial charge in [-0.2, -0.15) is 0 Å². The summed E-state index contributed by atoms with van der Waals surface area (Å²) < 4.78 is 14.3. The number of nitrogens with one attached hydrogen (secondary N) is 2. The number of rotatable bonds is 5. The second-order valence-electron chi connectivity index (χ2n) is 7.25. The molecule has 0 radical (unpaired) electrons. The van der Waals surface area contributed by atoms with Crippen molar-refractivity contribution in [2.75, 3.05) is 25.0 Å². The van der Waals surface area contributed by atoms with Crippen molar-refractivity contribution in [1.82, 2.24) is 24.8 Å². The van der Waals surface area contributed by atoms with Gasteiger partial charge >= 0.3 is 0 Å². The molecule has 0 aromatic carbocycles. The van der Waals surface area contributed by atoms with Crippen LogP contribution in [0.1, 0.15) is 19.3 Å². The number of hydrogen-bond donors (Lipinski definition) is 2. The van der Waals surface area contributed by atoms with E-state index in [1.165, 1.54) is 0 Å². The van der Waals surface area contributed by atoms with Crippen LogP contribution in [0.15, 0.2) is 24.7 Å². The number of piperidine rings is 1. The average molecular weight is 427 g/mol. The molecule has 7 nitrogen and oxygen atoms in total. The fraction of sp³-hybridized carbons (Fsp3) is 0.333. The van der Waals surface area contributed by atoms with Crippen molar-refractivity contribution in [1.29, 1.82) is 0 Å². The number of carbonyl (C=O) groups excluding carboxylic acids is 1. The molecule has 1 atom stereocenters. The third-order valence-corrected chi connectivity index (χ3v) is 5.37. The minimum Gasteiger partial charge on any atom is -0.367 e. The number of likely N-dealkylation sites (tertiary alicyclic amines) is 1. The number of nitrogens with zero attached hydrogens (tertiary/aromatic N) is 4. The molecule has 9 heteroatoms. The lowest BCUT2D eigenvalue weighted by atomic mass is 9.97.